The molecule has 3 rings (SSSR count). The molecule has 1 aromatic carbocycles. The van der Waals surface area contributed by atoms with Crippen molar-refractivity contribution < 1.29 is 27.7 Å². The second-order valence-corrected chi connectivity index (χ2v) is 6.16. The monoisotopic (exact) mass is 433 g/mol. The lowest BCUT2D eigenvalue weighted by atomic mass is 10.1. The molecule has 2 heterocycles. The maximum Gasteiger partial charge on any atom is 0.206 e. The zero-order valence-corrected chi connectivity index (χ0v) is 17.8. The van der Waals surface area contributed by atoms with Crippen LogP contribution < -0.4 is 24.7 Å². The predicted molar refractivity (Wildman–Crippen MR) is 113 cm³/mol. The molecule has 0 unspecified atom stereocenters. The number of benzene rings is 1. The Morgan fingerprint density at radius 1 is 0.742 bits per heavy atom. The molecule has 0 fully saturated rings. The van der Waals surface area contributed by atoms with E-state index in [-0.39, 0.29) is 17.3 Å². The first-order valence-corrected chi connectivity index (χ1v) is 9.27. The number of hydrogen-bond donors (Lipinski definition) is 1. The van der Waals surface area contributed by atoms with E-state index in [1.807, 2.05) is 18.2 Å². The first-order valence-electron chi connectivity index (χ1n) is 9.27. The molecule has 0 bridgehead atoms. The van der Waals surface area contributed by atoms with Crippen LogP contribution in [0.25, 0.3) is 0 Å². The summed E-state index contributed by atoms with van der Waals surface area (Å²) in [6, 6.07) is 8.49. The van der Waals surface area contributed by atoms with Crippen molar-refractivity contribution in [2.24, 2.45) is 0 Å². The highest BCUT2D eigenvalue weighted by Crippen LogP contribution is 2.26. The van der Waals surface area contributed by atoms with Gasteiger partial charge in [0.15, 0.2) is 23.1 Å². The van der Waals surface area contributed by atoms with Crippen molar-refractivity contribution in [2.75, 3.05) is 34.2 Å². The van der Waals surface area contributed by atoms with E-state index in [9.17, 15) is 8.78 Å². The summed E-state index contributed by atoms with van der Waals surface area (Å²) in [6.07, 6.45) is 4.01. The molecule has 166 valence electrons. The number of pyridine rings is 2. The highest BCUT2D eigenvalue weighted by molar-refractivity contribution is 5.41. The fourth-order valence-corrected chi connectivity index (χ4v) is 2.71. The van der Waals surface area contributed by atoms with E-state index in [2.05, 4.69) is 14.7 Å². The number of nitrogen functional groups attached to an aromatic ring is 1. The Balaban J connectivity index is 0.000000285. The van der Waals surface area contributed by atoms with Crippen LogP contribution in [0.1, 0.15) is 11.3 Å². The minimum atomic E-state index is -0.606. The summed E-state index contributed by atoms with van der Waals surface area (Å²) in [7, 11) is 6.01. The number of anilines is 1. The SMILES string of the molecule is COc1ccc(CCc2nccc(OC)c2F)c(OC)c1.COc1ccnc(N)c1F. The van der Waals surface area contributed by atoms with E-state index in [0.717, 1.165) is 17.1 Å². The Kier molecular flexibility index (Phi) is 8.80. The zero-order chi connectivity index (χ0) is 22.8. The van der Waals surface area contributed by atoms with Crippen LogP contribution in [0.4, 0.5) is 14.6 Å². The van der Waals surface area contributed by atoms with Crippen molar-refractivity contribution in [3.05, 3.63) is 65.6 Å². The lowest BCUT2D eigenvalue weighted by molar-refractivity contribution is 0.381. The van der Waals surface area contributed by atoms with Crippen LogP contribution >= 0.6 is 0 Å². The molecule has 0 atom stereocenters. The van der Waals surface area contributed by atoms with Gasteiger partial charge in [-0.1, -0.05) is 6.07 Å². The molecule has 31 heavy (non-hydrogen) atoms. The molecule has 0 spiro atoms. The van der Waals surface area contributed by atoms with Crippen molar-refractivity contribution in [3.63, 3.8) is 0 Å². The number of nitrogens with two attached hydrogens (primary N) is 1. The summed E-state index contributed by atoms with van der Waals surface area (Å²) in [5, 5.41) is 0. The Morgan fingerprint density at radius 3 is 1.94 bits per heavy atom. The average molecular weight is 433 g/mol. The Bertz CT molecular complexity index is 1000. The molecule has 0 aliphatic rings. The number of rotatable bonds is 7. The molecule has 0 aliphatic heterocycles. The van der Waals surface area contributed by atoms with Crippen LogP contribution in [0.2, 0.25) is 0 Å². The van der Waals surface area contributed by atoms with Gasteiger partial charge < -0.3 is 24.7 Å². The number of methoxy groups -OCH3 is 4. The predicted octanol–water partition coefficient (Wildman–Crippen LogP) is 3.84. The molecular weight excluding hydrogens is 408 g/mol. The van der Waals surface area contributed by atoms with Crippen molar-refractivity contribution in [3.8, 4) is 23.0 Å². The number of aromatic nitrogens is 2. The summed E-state index contributed by atoms with van der Waals surface area (Å²) >= 11 is 0. The van der Waals surface area contributed by atoms with Gasteiger partial charge in [0.1, 0.15) is 11.5 Å². The van der Waals surface area contributed by atoms with Gasteiger partial charge in [0.05, 0.1) is 34.1 Å². The topological polar surface area (TPSA) is 88.7 Å². The van der Waals surface area contributed by atoms with Gasteiger partial charge >= 0.3 is 0 Å². The van der Waals surface area contributed by atoms with Gasteiger partial charge in [0.2, 0.25) is 5.82 Å². The third-order valence-electron chi connectivity index (χ3n) is 4.37. The fraction of sp³-hybridized carbons (Fsp3) is 0.273. The second-order valence-electron chi connectivity index (χ2n) is 6.16. The second kappa shape index (κ2) is 11.5. The molecule has 0 radical (unpaired) electrons. The third kappa shape index (κ3) is 6.18. The number of aryl methyl sites for hydroxylation is 2. The maximum absolute atomic E-state index is 14.0. The molecule has 9 heteroatoms. The normalized spacial score (nSPS) is 10.0. The fourth-order valence-electron chi connectivity index (χ4n) is 2.71. The van der Waals surface area contributed by atoms with Gasteiger partial charge in [-0.25, -0.2) is 9.37 Å². The van der Waals surface area contributed by atoms with Gasteiger partial charge in [-0.3, -0.25) is 4.98 Å². The summed E-state index contributed by atoms with van der Waals surface area (Å²) in [5.41, 5.74) is 6.49. The number of hydrogen-bond acceptors (Lipinski definition) is 7. The Hall–Kier alpha value is -3.62. The quantitative estimate of drug-likeness (QED) is 0.606. The van der Waals surface area contributed by atoms with Crippen LogP contribution in [0.5, 0.6) is 23.0 Å². The van der Waals surface area contributed by atoms with Gasteiger partial charge in [-0.2, -0.15) is 4.39 Å². The molecule has 0 saturated carbocycles. The van der Waals surface area contributed by atoms with Gasteiger partial charge in [0.25, 0.3) is 0 Å². The van der Waals surface area contributed by atoms with E-state index < -0.39 is 11.6 Å². The summed E-state index contributed by atoms with van der Waals surface area (Å²) in [4.78, 5) is 7.58. The lowest BCUT2D eigenvalue weighted by Crippen LogP contribution is -2.02. The van der Waals surface area contributed by atoms with Crippen LogP contribution in [-0.4, -0.2) is 38.4 Å². The minimum absolute atomic E-state index is 0.118. The van der Waals surface area contributed by atoms with Gasteiger partial charge in [0, 0.05) is 30.6 Å². The van der Waals surface area contributed by atoms with E-state index in [1.54, 1.807) is 20.4 Å². The molecule has 7 nitrogen and oxygen atoms in total. The first-order chi connectivity index (χ1) is 14.9. The van der Waals surface area contributed by atoms with Crippen LogP contribution in [0, 0.1) is 11.6 Å². The van der Waals surface area contributed by atoms with Crippen molar-refractivity contribution in [1.29, 1.82) is 0 Å². The van der Waals surface area contributed by atoms with E-state index in [4.69, 9.17) is 19.9 Å². The van der Waals surface area contributed by atoms with Crippen LogP contribution in [0.3, 0.4) is 0 Å². The highest BCUT2D eigenvalue weighted by Gasteiger charge is 2.12. The number of halogens is 2. The molecule has 0 saturated heterocycles. The highest BCUT2D eigenvalue weighted by atomic mass is 19.1. The van der Waals surface area contributed by atoms with E-state index in [1.165, 1.54) is 32.5 Å². The van der Waals surface area contributed by atoms with Crippen molar-refractivity contribution in [2.45, 2.75) is 12.8 Å². The average Bonchev–Trinajstić information content (AvgIpc) is 2.80. The Morgan fingerprint density at radius 2 is 1.35 bits per heavy atom. The zero-order valence-electron chi connectivity index (χ0n) is 17.8. The summed E-state index contributed by atoms with van der Waals surface area (Å²) in [6.45, 7) is 0. The Labute approximate surface area is 179 Å². The van der Waals surface area contributed by atoms with E-state index in [0.29, 0.717) is 18.5 Å². The molecule has 3 aromatic rings. The number of ether oxygens (including phenoxy) is 4. The molecule has 0 amide bonds. The van der Waals surface area contributed by atoms with E-state index >= 15 is 0 Å². The third-order valence-corrected chi connectivity index (χ3v) is 4.37. The molecule has 0 aliphatic carbocycles. The maximum atomic E-state index is 14.0. The molecule has 2 aromatic heterocycles. The molecule has 2 N–H and O–H groups in total. The van der Waals surface area contributed by atoms with Gasteiger partial charge in [-0.05, 0) is 24.5 Å². The van der Waals surface area contributed by atoms with Gasteiger partial charge in [-0.15, -0.1) is 0 Å². The minimum Gasteiger partial charge on any atom is -0.497 e. The molecular formula is C22H25F2N3O4. The summed E-state index contributed by atoms with van der Waals surface area (Å²) in [5.74, 6) is 0.616. The summed E-state index contributed by atoms with van der Waals surface area (Å²) < 4.78 is 46.8. The first kappa shape index (κ1) is 23.7. The van der Waals surface area contributed by atoms with Crippen molar-refractivity contribution >= 4 is 5.82 Å². The van der Waals surface area contributed by atoms with Crippen LogP contribution in [-0.2, 0) is 12.8 Å². The largest absolute Gasteiger partial charge is 0.497 e. The van der Waals surface area contributed by atoms with Crippen molar-refractivity contribution in [1.82, 2.24) is 9.97 Å². The number of nitrogens with zero attached hydrogens (tertiary/aromatic N) is 2. The van der Waals surface area contributed by atoms with Crippen LogP contribution in [0.15, 0.2) is 42.7 Å². The lowest BCUT2D eigenvalue weighted by Gasteiger charge is -2.11. The smallest absolute Gasteiger partial charge is 0.206 e. The standard InChI is InChI=1S/C16H18FNO3.C6H7FN2O/c1-19-12-6-4-11(15(10-12)21-3)5-7-13-16(17)14(20-2)8-9-18-13;1-10-4-2-3-9-6(8)5(4)7/h4,6,8-10H,5,7H2,1-3H3;2-3H,1H3,(H2,8,9).